The van der Waals surface area contributed by atoms with E-state index in [4.69, 9.17) is 4.74 Å². The SMILES string of the molecule is CCCCCCCC/C=C\CCCCCC(=O)OC(CCC/C=C\CCCCCCCC)CC(=O)NC(CO)C(O)CCCCCCCCCCCCCC. The Balaban J connectivity index is 4.60. The van der Waals surface area contributed by atoms with Crippen LogP contribution in [0, 0.1) is 0 Å². The lowest BCUT2D eigenvalue weighted by Crippen LogP contribution is -2.46. The summed E-state index contributed by atoms with van der Waals surface area (Å²) in [5, 5.41) is 23.7. The van der Waals surface area contributed by atoms with Gasteiger partial charge in [-0.1, -0.05) is 193 Å². The Hall–Kier alpha value is -1.66. The monoisotopic (exact) mass is 776 g/mol. The van der Waals surface area contributed by atoms with Crippen molar-refractivity contribution in [1.29, 1.82) is 0 Å². The zero-order valence-electron chi connectivity index (χ0n) is 36.8. The summed E-state index contributed by atoms with van der Waals surface area (Å²) in [5.74, 6) is -0.516. The Morgan fingerprint density at radius 1 is 0.509 bits per heavy atom. The van der Waals surface area contributed by atoms with Crippen LogP contribution in [0.25, 0.3) is 0 Å². The van der Waals surface area contributed by atoms with Gasteiger partial charge in [0.05, 0.1) is 25.2 Å². The number of rotatable bonds is 43. The number of hydrogen-bond donors (Lipinski definition) is 3. The first-order valence-corrected chi connectivity index (χ1v) is 24.1. The fourth-order valence-corrected chi connectivity index (χ4v) is 7.31. The van der Waals surface area contributed by atoms with E-state index in [0.717, 1.165) is 64.2 Å². The first-order chi connectivity index (χ1) is 27.0. The van der Waals surface area contributed by atoms with E-state index < -0.39 is 18.2 Å². The molecule has 3 N–H and O–H groups in total. The number of allylic oxidation sites excluding steroid dienone is 4. The second-order valence-corrected chi connectivity index (χ2v) is 16.5. The highest BCUT2D eigenvalue weighted by atomic mass is 16.5. The number of aliphatic hydroxyl groups is 2. The number of carbonyl (C=O) groups excluding carboxylic acids is 2. The minimum atomic E-state index is -0.791. The molecule has 0 saturated carbocycles. The molecular formula is C49H93NO5. The Labute approximate surface area is 341 Å². The molecule has 3 unspecified atom stereocenters. The number of amides is 1. The van der Waals surface area contributed by atoms with Crippen molar-refractivity contribution in [2.75, 3.05) is 6.61 Å². The molecule has 0 aromatic rings. The molecule has 55 heavy (non-hydrogen) atoms. The molecule has 0 heterocycles. The third kappa shape index (κ3) is 39.0. The summed E-state index contributed by atoms with van der Waals surface area (Å²) < 4.78 is 5.88. The van der Waals surface area contributed by atoms with E-state index in [1.54, 1.807) is 0 Å². The van der Waals surface area contributed by atoms with E-state index >= 15 is 0 Å². The number of ether oxygens (including phenoxy) is 1. The zero-order chi connectivity index (χ0) is 40.3. The van der Waals surface area contributed by atoms with Gasteiger partial charge < -0.3 is 20.3 Å². The molecule has 6 nitrogen and oxygen atoms in total. The molecule has 0 fully saturated rings. The Morgan fingerprint density at radius 3 is 1.33 bits per heavy atom. The summed E-state index contributed by atoms with van der Waals surface area (Å²) in [6.07, 6.45) is 48.1. The van der Waals surface area contributed by atoms with Crippen LogP contribution in [0.15, 0.2) is 24.3 Å². The van der Waals surface area contributed by atoms with E-state index in [2.05, 4.69) is 50.4 Å². The number of aliphatic hydroxyl groups excluding tert-OH is 2. The minimum Gasteiger partial charge on any atom is -0.462 e. The predicted octanol–water partition coefficient (Wildman–Crippen LogP) is 14.0. The van der Waals surface area contributed by atoms with Gasteiger partial charge in [-0.15, -0.1) is 0 Å². The van der Waals surface area contributed by atoms with E-state index in [0.29, 0.717) is 19.3 Å². The van der Waals surface area contributed by atoms with Crippen molar-refractivity contribution in [2.45, 2.75) is 270 Å². The highest BCUT2D eigenvalue weighted by molar-refractivity contribution is 5.77. The van der Waals surface area contributed by atoms with E-state index in [-0.39, 0.29) is 24.9 Å². The first-order valence-electron chi connectivity index (χ1n) is 24.1. The standard InChI is InChI=1S/C49H93NO5/c1-4-7-10-13-16-19-22-24-27-30-33-36-39-42-49(54)55-45(40-37-34-31-28-25-21-18-15-12-9-6-3)43-48(53)50-46(44-51)47(52)41-38-35-32-29-26-23-20-17-14-11-8-5-2/h24,27-28,31,45-47,51-52H,4-23,25-26,29-30,32-44H2,1-3H3,(H,50,53)/b27-24-,31-28-. The maximum Gasteiger partial charge on any atom is 0.306 e. The third-order valence-electron chi connectivity index (χ3n) is 11.0. The van der Waals surface area contributed by atoms with Crippen LogP contribution in [0.4, 0.5) is 0 Å². The van der Waals surface area contributed by atoms with Crippen LogP contribution >= 0.6 is 0 Å². The first kappa shape index (κ1) is 53.3. The molecule has 0 aromatic carbocycles. The van der Waals surface area contributed by atoms with Gasteiger partial charge >= 0.3 is 5.97 Å². The Kier molecular flexibility index (Phi) is 42.2. The van der Waals surface area contributed by atoms with Crippen LogP contribution in [0.5, 0.6) is 0 Å². The molecule has 0 bridgehead atoms. The number of hydrogen-bond acceptors (Lipinski definition) is 5. The highest BCUT2D eigenvalue weighted by Gasteiger charge is 2.24. The summed E-state index contributed by atoms with van der Waals surface area (Å²) in [6, 6.07) is -0.707. The molecule has 0 spiro atoms. The normalized spacial score (nSPS) is 13.5. The molecule has 0 aliphatic carbocycles. The average Bonchev–Trinajstić information content (AvgIpc) is 3.18. The fourth-order valence-electron chi connectivity index (χ4n) is 7.31. The van der Waals surface area contributed by atoms with Gasteiger partial charge in [0.1, 0.15) is 6.10 Å². The number of carbonyl (C=O) groups is 2. The van der Waals surface area contributed by atoms with Crippen molar-refractivity contribution < 1.29 is 24.5 Å². The van der Waals surface area contributed by atoms with Crippen molar-refractivity contribution >= 4 is 11.9 Å². The smallest absolute Gasteiger partial charge is 0.306 e. The van der Waals surface area contributed by atoms with Crippen molar-refractivity contribution in [3.8, 4) is 0 Å². The van der Waals surface area contributed by atoms with E-state index in [1.165, 1.54) is 141 Å². The summed E-state index contributed by atoms with van der Waals surface area (Å²) in [5.41, 5.74) is 0. The molecule has 1 amide bonds. The van der Waals surface area contributed by atoms with Gasteiger partial charge in [0.25, 0.3) is 0 Å². The second kappa shape index (κ2) is 43.5. The molecule has 0 aliphatic heterocycles. The van der Waals surface area contributed by atoms with Crippen LogP contribution < -0.4 is 5.32 Å². The van der Waals surface area contributed by atoms with Gasteiger partial charge in [-0.3, -0.25) is 9.59 Å². The van der Waals surface area contributed by atoms with Gasteiger partial charge in [-0.25, -0.2) is 0 Å². The number of esters is 1. The van der Waals surface area contributed by atoms with Crippen LogP contribution in [-0.2, 0) is 14.3 Å². The van der Waals surface area contributed by atoms with Gasteiger partial charge in [0, 0.05) is 6.42 Å². The quantitative estimate of drug-likeness (QED) is 0.0326. The minimum absolute atomic E-state index is 0.0540. The third-order valence-corrected chi connectivity index (χ3v) is 11.0. The topological polar surface area (TPSA) is 95.9 Å². The van der Waals surface area contributed by atoms with Crippen molar-refractivity contribution in [2.24, 2.45) is 0 Å². The summed E-state index contributed by atoms with van der Waals surface area (Å²) in [4.78, 5) is 26.0. The summed E-state index contributed by atoms with van der Waals surface area (Å²) in [7, 11) is 0. The summed E-state index contributed by atoms with van der Waals surface area (Å²) >= 11 is 0. The van der Waals surface area contributed by atoms with Gasteiger partial charge in [0.15, 0.2) is 0 Å². The van der Waals surface area contributed by atoms with Crippen molar-refractivity contribution in [3.63, 3.8) is 0 Å². The molecular weight excluding hydrogens is 683 g/mol. The molecule has 3 atom stereocenters. The summed E-state index contributed by atoms with van der Waals surface area (Å²) in [6.45, 7) is 6.45. The average molecular weight is 776 g/mol. The lowest BCUT2D eigenvalue weighted by molar-refractivity contribution is -0.151. The fraction of sp³-hybridized carbons (Fsp3) is 0.878. The highest BCUT2D eigenvalue weighted by Crippen LogP contribution is 2.17. The predicted molar refractivity (Wildman–Crippen MR) is 236 cm³/mol. The van der Waals surface area contributed by atoms with Crippen LogP contribution in [-0.4, -0.2) is 46.9 Å². The van der Waals surface area contributed by atoms with Crippen LogP contribution in [0.1, 0.15) is 252 Å². The molecule has 6 heteroatoms. The maximum absolute atomic E-state index is 13.1. The van der Waals surface area contributed by atoms with E-state index in [1.807, 2.05) is 0 Å². The second-order valence-electron chi connectivity index (χ2n) is 16.5. The van der Waals surface area contributed by atoms with Crippen molar-refractivity contribution in [1.82, 2.24) is 5.32 Å². The Morgan fingerprint density at radius 2 is 0.891 bits per heavy atom. The molecule has 0 radical (unpaired) electrons. The number of nitrogens with one attached hydrogen (secondary N) is 1. The number of unbranched alkanes of at least 4 members (excludes halogenated alkanes) is 27. The van der Waals surface area contributed by atoms with Crippen LogP contribution in [0.3, 0.4) is 0 Å². The molecule has 0 rings (SSSR count). The van der Waals surface area contributed by atoms with E-state index in [9.17, 15) is 19.8 Å². The maximum atomic E-state index is 13.1. The molecule has 324 valence electrons. The van der Waals surface area contributed by atoms with Crippen LogP contribution in [0.2, 0.25) is 0 Å². The molecule has 0 aliphatic rings. The van der Waals surface area contributed by atoms with Gasteiger partial charge in [-0.2, -0.15) is 0 Å². The molecule has 0 aromatic heterocycles. The Bertz CT molecular complexity index is 873. The van der Waals surface area contributed by atoms with Crippen molar-refractivity contribution in [3.05, 3.63) is 24.3 Å². The largest absolute Gasteiger partial charge is 0.462 e. The zero-order valence-corrected chi connectivity index (χ0v) is 36.8. The molecule has 0 saturated heterocycles. The lowest BCUT2D eigenvalue weighted by Gasteiger charge is -2.24. The lowest BCUT2D eigenvalue weighted by atomic mass is 10.0. The van der Waals surface area contributed by atoms with Gasteiger partial charge in [-0.05, 0) is 70.6 Å². The van der Waals surface area contributed by atoms with Gasteiger partial charge in [0.2, 0.25) is 5.91 Å².